The molecule has 7 heteroatoms. The fourth-order valence-electron chi connectivity index (χ4n) is 2.17. The van der Waals surface area contributed by atoms with Gasteiger partial charge in [0.1, 0.15) is 4.34 Å². The summed E-state index contributed by atoms with van der Waals surface area (Å²) in [6.07, 6.45) is 2.87. The number of hydrogen-bond donors (Lipinski definition) is 3. The van der Waals surface area contributed by atoms with E-state index in [0.29, 0.717) is 6.54 Å². The maximum Gasteiger partial charge on any atom is 0.190 e. The SMILES string of the molecule is CN=C(NCCCSc1nccs1)NCC(CO)c1ccccc1. The van der Waals surface area contributed by atoms with E-state index < -0.39 is 0 Å². The van der Waals surface area contributed by atoms with Crippen LogP contribution in [-0.4, -0.2) is 48.5 Å². The Morgan fingerprint density at radius 3 is 2.83 bits per heavy atom. The molecule has 1 atom stereocenters. The molecule has 0 amide bonds. The third kappa shape index (κ3) is 6.51. The smallest absolute Gasteiger partial charge is 0.190 e. The summed E-state index contributed by atoms with van der Waals surface area (Å²) < 4.78 is 1.12. The van der Waals surface area contributed by atoms with E-state index in [4.69, 9.17) is 0 Å². The Balaban J connectivity index is 1.66. The van der Waals surface area contributed by atoms with Gasteiger partial charge >= 0.3 is 0 Å². The summed E-state index contributed by atoms with van der Waals surface area (Å²) in [5, 5.41) is 18.2. The third-order valence-electron chi connectivity index (χ3n) is 3.48. The van der Waals surface area contributed by atoms with Gasteiger partial charge in [-0.25, -0.2) is 4.98 Å². The molecule has 0 saturated carbocycles. The van der Waals surface area contributed by atoms with Crippen LogP contribution in [0.15, 0.2) is 51.2 Å². The number of aliphatic imine (C=N–C) groups is 1. The Hall–Kier alpha value is -1.57. The largest absolute Gasteiger partial charge is 0.396 e. The van der Waals surface area contributed by atoms with Gasteiger partial charge in [-0.2, -0.15) is 0 Å². The van der Waals surface area contributed by atoms with E-state index in [9.17, 15) is 5.11 Å². The number of rotatable bonds is 9. The van der Waals surface area contributed by atoms with Crippen LogP contribution in [-0.2, 0) is 0 Å². The number of aromatic nitrogens is 1. The summed E-state index contributed by atoms with van der Waals surface area (Å²) in [6, 6.07) is 10.0. The monoisotopic (exact) mass is 364 g/mol. The van der Waals surface area contributed by atoms with Crippen molar-refractivity contribution in [3.8, 4) is 0 Å². The van der Waals surface area contributed by atoms with Crippen LogP contribution >= 0.6 is 23.1 Å². The fraction of sp³-hybridized carbons (Fsp3) is 0.412. The molecule has 1 heterocycles. The quantitative estimate of drug-likeness (QED) is 0.276. The van der Waals surface area contributed by atoms with Crippen LogP contribution in [0.3, 0.4) is 0 Å². The van der Waals surface area contributed by atoms with Crippen molar-refractivity contribution in [1.82, 2.24) is 15.6 Å². The van der Waals surface area contributed by atoms with Crippen LogP contribution in [0, 0.1) is 0 Å². The second kappa shape index (κ2) is 11.1. The molecule has 130 valence electrons. The molecule has 0 aliphatic heterocycles. The molecule has 0 fully saturated rings. The first kappa shape index (κ1) is 18.8. The number of aliphatic hydroxyl groups excluding tert-OH is 1. The second-order valence-electron chi connectivity index (χ2n) is 5.17. The van der Waals surface area contributed by atoms with Gasteiger partial charge < -0.3 is 15.7 Å². The third-order valence-corrected chi connectivity index (χ3v) is 5.53. The molecule has 1 aromatic carbocycles. The summed E-state index contributed by atoms with van der Waals surface area (Å²) in [5.41, 5.74) is 1.13. The zero-order valence-electron chi connectivity index (χ0n) is 13.8. The number of thioether (sulfide) groups is 1. The Bertz CT molecular complexity index is 590. The number of benzene rings is 1. The molecular formula is C17H24N4OS2. The van der Waals surface area contributed by atoms with Crippen molar-refractivity contribution in [2.24, 2.45) is 4.99 Å². The van der Waals surface area contributed by atoms with Crippen LogP contribution in [0.5, 0.6) is 0 Å². The Labute approximate surface area is 151 Å². The highest BCUT2D eigenvalue weighted by Gasteiger charge is 2.10. The van der Waals surface area contributed by atoms with E-state index in [1.807, 2.05) is 41.9 Å². The number of guanidine groups is 1. The first-order valence-corrected chi connectivity index (χ1v) is 9.82. The average Bonchev–Trinajstić information content (AvgIpc) is 3.14. The minimum absolute atomic E-state index is 0.0604. The van der Waals surface area contributed by atoms with Crippen LogP contribution in [0.4, 0.5) is 0 Å². The minimum Gasteiger partial charge on any atom is -0.396 e. The maximum absolute atomic E-state index is 9.59. The van der Waals surface area contributed by atoms with E-state index >= 15 is 0 Å². The lowest BCUT2D eigenvalue weighted by molar-refractivity contribution is 0.265. The molecule has 0 aliphatic carbocycles. The average molecular weight is 365 g/mol. The van der Waals surface area contributed by atoms with Gasteiger partial charge in [0.15, 0.2) is 5.96 Å². The lowest BCUT2D eigenvalue weighted by Crippen LogP contribution is -2.40. The molecule has 2 rings (SSSR count). The number of nitrogens with zero attached hydrogens (tertiary/aromatic N) is 2. The lowest BCUT2D eigenvalue weighted by atomic mass is 10.0. The van der Waals surface area contributed by atoms with Crippen LogP contribution < -0.4 is 10.6 Å². The highest BCUT2D eigenvalue weighted by atomic mass is 32.2. The van der Waals surface area contributed by atoms with Gasteiger partial charge in [-0.3, -0.25) is 4.99 Å². The first-order valence-electron chi connectivity index (χ1n) is 7.96. The van der Waals surface area contributed by atoms with E-state index in [1.54, 1.807) is 30.1 Å². The van der Waals surface area contributed by atoms with Gasteiger partial charge in [0.25, 0.3) is 0 Å². The Kier molecular flexibility index (Phi) is 8.65. The standard InChI is InChI=1S/C17H24N4OS2/c1-18-16(19-8-5-10-23-17-20-9-11-24-17)21-12-15(13-22)14-6-3-2-4-7-14/h2-4,6-7,9,11,15,22H,5,8,10,12-13H2,1H3,(H2,18,19,21). The van der Waals surface area contributed by atoms with Gasteiger partial charge in [0.2, 0.25) is 0 Å². The predicted octanol–water partition coefficient (Wildman–Crippen LogP) is 2.57. The van der Waals surface area contributed by atoms with Gasteiger partial charge in [-0.05, 0) is 12.0 Å². The number of hydrogen-bond acceptors (Lipinski definition) is 5. The van der Waals surface area contributed by atoms with Crippen molar-refractivity contribution in [1.29, 1.82) is 0 Å². The normalized spacial score (nSPS) is 12.8. The molecular weight excluding hydrogens is 340 g/mol. The van der Waals surface area contributed by atoms with Crippen molar-refractivity contribution in [2.75, 3.05) is 32.5 Å². The molecule has 0 saturated heterocycles. The Morgan fingerprint density at radius 1 is 1.33 bits per heavy atom. The van der Waals surface area contributed by atoms with E-state index in [0.717, 1.165) is 34.6 Å². The van der Waals surface area contributed by atoms with Gasteiger partial charge in [0, 0.05) is 43.4 Å². The summed E-state index contributed by atoms with van der Waals surface area (Å²) >= 11 is 3.45. The van der Waals surface area contributed by atoms with Crippen molar-refractivity contribution >= 4 is 29.1 Å². The topological polar surface area (TPSA) is 69.5 Å². The number of thiazole rings is 1. The summed E-state index contributed by atoms with van der Waals surface area (Å²) in [7, 11) is 1.76. The second-order valence-corrected chi connectivity index (χ2v) is 7.41. The number of aliphatic hydroxyl groups is 1. The summed E-state index contributed by atoms with van der Waals surface area (Å²) in [5.74, 6) is 1.86. The molecule has 24 heavy (non-hydrogen) atoms. The van der Waals surface area contributed by atoms with Crippen molar-refractivity contribution < 1.29 is 5.11 Å². The molecule has 0 aliphatic rings. The highest BCUT2D eigenvalue weighted by Crippen LogP contribution is 2.20. The first-order chi connectivity index (χ1) is 11.8. The molecule has 5 nitrogen and oxygen atoms in total. The van der Waals surface area contributed by atoms with Gasteiger partial charge in [-0.1, -0.05) is 42.1 Å². The summed E-state index contributed by atoms with van der Waals surface area (Å²) in [6.45, 7) is 1.61. The molecule has 0 radical (unpaired) electrons. The fourth-order valence-corrected chi connectivity index (χ4v) is 3.82. The van der Waals surface area contributed by atoms with Crippen molar-refractivity contribution in [3.05, 3.63) is 47.5 Å². The predicted molar refractivity (Wildman–Crippen MR) is 103 cm³/mol. The number of nitrogens with one attached hydrogen (secondary N) is 2. The van der Waals surface area contributed by atoms with Gasteiger partial charge in [-0.15, -0.1) is 11.3 Å². The minimum atomic E-state index is 0.0604. The van der Waals surface area contributed by atoms with E-state index in [-0.39, 0.29) is 12.5 Å². The molecule has 1 aromatic heterocycles. The maximum atomic E-state index is 9.59. The lowest BCUT2D eigenvalue weighted by Gasteiger charge is -2.18. The molecule has 1 unspecified atom stereocenters. The molecule has 0 spiro atoms. The molecule has 0 bridgehead atoms. The summed E-state index contributed by atoms with van der Waals surface area (Å²) in [4.78, 5) is 8.48. The van der Waals surface area contributed by atoms with Gasteiger partial charge in [0.05, 0.1) is 6.61 Å². The van der Waals surface area contributed by atoms with Crippen molar-refractivity contribution in [2.45, 2.75) is 16.7 Å². The van der Waals surface area contributed by atoms with Crippen molar-refractivity contribution in [3.63, 3.8) is 0 Å². The zero-order chi connectivity index (χ0) is 17.0. The van der Waals surface area contributed by atoms with Crippen LogP contribution in [0.1, 0.15) is 17.9 Å². The molecule has 3 N–H and O–H groups in total. The van der Waals surface area contributed by atoms with Crippen LogP contribution in [0.25, 0.3) is 0 Å². The molecule has 2 aromatic rings. The Morgan fingerprint density at radius 2 is 2.17 bits per heavy atom. The van der Waals surface area contributed by atoms with Crippen LogP contribution in [0.2, 0.25) is 0 Å². The zero-order valence-corrected chi connectivity index (χ0v) is 15.4. The van der Waals surface area contributed by atoms with E-state index in [1.165, 1.54) is 0 Å². The van der Waals surface area contributed by atoms with E-state index in [2.05, 4.69) is 20.6 Å². The highest BCUT2D eigenvalue weighted by molar-refractivity contribution is 8.00.